The Morgan fingerprint density at radius 2 is 1.74 bits per heavy atom. The van der Waals surface area contributed by atoms with E-state index in [0.29, 0.717) is 18.8 Å². The van der Waals surface area contributed by atoms with E-state index >= 15 is 0 Å². The summed E-state index contributed by atoms with van der Waals surface area (Å²) in [5.41, 5.74) is 3.87. The number of nitrogens with zero attached hydrogens (tertiary/aromatic N) is 3. The van der Waals surface area contributed by atoms with Gasteiger partial charge < -0.3 is 10.1 Å². The summed E-state index contributed by atoms with van der Waals surface area (Å²) in [6.07, 6.45) is 0.613. The van der Waals surface area contributed by atoms with Gasteiger partial charge in [0.25, 0.3) is 15.9 Å². The van der Waals surface area contributed by atoms with Gasteiger partial charge in [-0.25, -0.2) is 18.1 Å². The molecule has 0 spiro atoms. The van der Waals surface area contributed by atoms with Crippen LogP contribution in [-0.2, 0) is 10.0 Å². The zero-order valence-electron chi connectivity index (χ0n) is 23.0. The second-order valence-electron chi connectivity index (χ2n) is 11.6. The number of likely N-dealkylation sites (tertiary alicyclic amines) is 1. The van der Waals surface area contributed by atoms with Crippen LogP contribution in [0, 0.1) is 19.3 Å². The lowest BCUT2D eigenvalue weighted by Crippen LogP contribution is -2.45. The number of rotatable bonds is 3. The molecule has 39 heavy (non-hydrogen) atoms. The van der Waals surface area contributed by atoms with Crippen LogP contribution in [0.25, 0.3) is 11.3 Å². The molecule has 2 N–H and O–H groups in total. The molecule has 2 aliphatic rings. The smallest absolute Gasteiger partial charge is 0.264 e. The average molecular weight is 550 g/mol. The van der Waals surface area contributed by atoms with E-state index in [-0.39, 0.29) is 45.8 Å². The standard InChI is InChI=1S/C29H35N5O4S/c1-18-8-6-9-19(2)26(18)22-15-25-32-28(31-22)33-39(36,37)21-11-7-10-20(14-21)27(35)30-23-16-34(17-24(23)38-25)13-12-29(3,4)5/h6-11,14-15,23-24H,12-13,16-17H2,1-5H3,(H,30,35)(H,31,32,33)/t23-,24-/m1/s1. The summed E-state index contributed by atoms with van der Waals surface area (Å²) < 4.78 is 35.5. The number of benzene rings is 2. The molecule has 1 amide bonds. The molecule has 0 aliphatic carbocycles. The first-order valence-corrected chi connectivity index (χ1v) is 14.6. The fraction of sp³-hybridized carbons (Fsp3) is 0.414. The Kier molecular flexibility index (Phi) is 7.11. The van der Waals surface area contributed by atoms with E-state index in [1.165, 1.54) is 12.1 Å². The van der Waals surface area contributed by atoms with Crippen LogP contribution in [0.2, 0.25) is 0 Å². The van der Waals surface area contributed by atoms with Crippen molar-refractivity contribution in [3.8, 4) is 17.1 Å². The molecule has 2 aromatic carbocycles. The summed E-state index contributed by atoms with van der Waals surface area (Å²) in [7, 11) is -4.07. The van der Waals surface area contributed by atoms with Gasteiger partial charge in [0.15, 0.2) is 0 Å². The van der Waals surface area contributed by atoms with Gasteiger partial charge in [0.1, 0.15) is 6.10 Å². The van der Waals surface area contributed by atoms with Crippen molar-refractivity contribution in [2.24, 2.45) is 5.41 Å². The van der Waals surface area contributed by atoms with E-state index in [9.17, 15) is 13.2 Å². The Balaban J connectivity index is 1.60. The molecule has 3 heterocycles. The van der Waals surface area contributed by atoms with Crippen LogP contribution >= 0.6 is 0 Å². The van der Waals surface area contributed by atoms with Crippen molar-refractivity contribution in [2.75, 3.05) is 24.4 Å². The Morgan fingerprint density at radius 1 is 1.03 bits per heavy atom. The van der Waals surface area contributed by atoms with Gasteiger partial charge in [0, 0.05) is 30.3 Å². The maximum absolute atomic E-state index is 13.3. The van der Waals surface area contributed by atoms with Crippen LogP contribution in [0.3, 0.4) is 0 Å². The molecule has 3 aromatic rings. The number of hydrogen-bond donors (Lipinski definition) is 2. The number of carbonyl (C=O) groups is 1. The maximum atomic E-state index is 13.3. The highest BCUT2D eigenvalue weighted by atomic mass is 32.2. The molecular weight excluding hydrogens is 514 g/mol. The first-order chi connectivity index (χ1) is 18.4. The van der Waals surface area contributed by atoms with Crippen LogP contribution in [0.15, 0.2) is 53.4 Å². The van der Waals surface area contributed by atoms with Crippen molar-refractivity contribution in [3.63, 3.8) is 0 Å². The number of carbonyl (C=O) groups excluding carboxylic acids is 1. The largest absolute Gasteiger partial charge is 0.471 e. The third-order valence-electron chi connectivity index (χ3n) is 7.18. The second kappa shape index (κ2) is 10.2. The van der Waals surface area contributed by atoms with Crippen molar-refractivity contribution in [2.45, 2.75) is 58.1 Å². The van der Waals surface area contributed by atoms with Crippen LogP contribution < -0.4 is 14.8 Å². The first kappa shape index (κ1) is 27.1. The number of amides is 1. The number of ether oxygens (including phenoxy) is 1. The Labute approximate surface area is 230 Å². The minimum absolute atomic E-state index is 0.0484. The SMILES string of the molecule is Cc1cccc(C)c1-c1cc2nc(n1)NS(=O)(=O)c1cccc(c1)C(=O)N[C@@H]1CN(CCC(C)(C)C)C[C@H]1O2. The summed E-state index contributed by atoms with van der Waals surface area (Å²) in [6, 6.07) is 13.3. The van der Waals surface area contributed by atoms with E-state index in [0.717, 1.165) is 29.7 Å². The predicted molar refractivity (Wildman–Crippen MR) is 150 cm³/mol. The van der Waals surface area contributed by atoms with Gasteiger partial charge in [0.2, 0.25) is 11.8 Å². The average Bonchev–Trinajstić information content (AvgIpc) is 3.22. The van der Waals surface area contributed by atoms with E-state index in [1.54, 1.807) is 18.2 Å². The molecule has 4 bridgehead atoms. The van der Waals surface area contributed by atoms with Crippen molar-refractivity contribution >= 4 is 21.9 Å². The number of fused-ring (bicyclic) bond motifs is 5. The van der Waals surface area contributed by atoms with E-state index in [4.69, 9.17) is 4.74 Å². The highest BCUT2D eigenvalue weighted by molar-refractivity contribution is 7.92. The van der Waals surface area contributed by atoms with Crippen LogP contribution in [0.4, 0.5) is 5.95 Å². The molecule has 1 saturated heterocycles. The minimum atomic E-state index is -4.07. The van der Waals surface area contributed by atoms with Crippen molar-refractivity contribution in [3.05, 3.63) is 65.2 Å². The zero-order chi connectivity index (χ0) is 27.9. The van der Waals surface area contributed by atoms with Gasteiger partial charge in [-0.05, 0) is 61.6 Å². The van der Waals surface area contributed by atoms with E-state index in [1.807, 2.05) is 32.0 Å². The summed E-state index contributed by atoms with van der Waals surface area (Å²) >= 11 is 0. The molecule has 0 radical (unpaired) electrons. The van der Waals surface area contributed by atoms with Gasteiger partial charge in [-0.3, -0.25) is 9.69 Å². The fourth-order valence-electron chi connectivity index (χ4n) is 5.05. The molecule has 1 fully saturated rings. The zero-order valence-corrected chi connectivity index (χ0v) is 23.8. The van der Waals surface area contributed by atoms with E-state index in [2.05, 4.69) is 45.7 Å². The Bertz CT molecular complexity index is 1500. The van der Waals surface area contributed by atoms with Crippen LogP contribution in [0.1, 0.15) is 48.7 Å². The predicted octanol–water partition coefficient (Wildman–Crippen LogP) is 4.17. The summed E-state index contributed by atoms with van der Waals surface area (Å²) in [4.78, 5) is 24.5. The quantitative estimate of drug-likeness (QED) is 0.504. The molecule has 0 saturated carbocycles. The normalized spacial score (nSPS) is 20.9. The molecule has 1 aromatic heterocycles. The minimum Gasteiger partial charge on any atom is -0.471 e. The molecule has 0 unspecified atom stereocenters. The van der Waals surface area contributed by atoms with Crippen LogP contribution in [-0.4, -0.2) is 61.0 Å². The van der Waals surface area contributed by atoms with Gasteiger partial charge in [-0.2, -0.15) is 4.98 Å². The maximum Gasteiger partial charge on any atom is 0.264 e. The van der Waals surface area contributed by atoms with Gasteiger partial charge >= 0.3 is 0 Å². The second-order valence-corrected chi connectivity index (χ2v) is 13.3. The van der Waals surface area contributed by atoms with Crippen LogP contribution in [0.5, 0.6) is 5.88 Å². The lowest BCUT2D eigenvalue weighted by molar-refractivity contribution is 0.0901. The summed E-state index contributed by atoms with van der Waals surface area (Å²) in [6.45, 7) is 12.7. The number of sulfonamides is 1. The van der Waals surface area contributed by atoms with Crippen molar-refractivity contribution in [1.29, 1.82) is 0 Å². The van der Waals surface area contributed by atoms with Gasteiger partial charge in [-0.15, -0.1) is 0 Å². The molecule has 206 valence electrons. The Morgan fingerprint density at radius 3 is 2.46 bits per heavy atom. The molecule has 2 aliphatic heterocycles. The molecule has 2 atom stereocenters. The first-order valence-electron chi connectivity index (χ1n) is 13.2. The molecule has 10 heteroatoms. The van der Waals surface area contributed by atoms with Gasteiger partial charge in [-0.1, -0.05) is 45.0 Å². The monoisotopic (exact) mass is 549 g/mol. The van der Waals surface area contributed by atoms with Gasteiger partial charge in [0.05, 0.1) is 16.6 Å². The molecule has 9 nitrogen and oxygen atoms in total. The highest BCUT2D eigenvalue weighted by Crippen LogP contribution is 2.31. The number of nitrogens with one attached hydrogen (secondary N) is 2. The third-order valence-corrected chi connectivity index (χ3v) is 8.51. The topological polar surface area (TPSA) is 114 Å². The van der Waals surface area contributed by atoms with Crippen molar-refractivity contribution < 1.29 is 17.9 Å². The third kappa shape index (κ3) is 6.07. The van der Waals surface area contributed by atoms with E-state index < -0.39 is 10.0 Å². The number of anilines is 1. The number of aromatic nitrogens is 2. The fourth-order valence-corrected chi connectivity index (χ4v) is 6.04. The molecule has 5 rings (SSSR count). The number of hydrogen-bond acceptors (Lipinski definition) is 7. The lowest BCUT2D eigenvalue weighted by atomic mass is 9.92. The number of aryl methyl sites for hydroxylation is 2. The summed E-state index contributed by atoms with van der Waals surface area (Å²) in [5.74, 6) is -0.196. The molecular formula is C29H35N5O4S. The van der Waals surface area contributed by atoms with Crippen molar-refractivity contribution in [1.82, 2.24) is 20.2 Å². The Hall–Kier alpha value is -3.50. The lowest BCUT2D eigenvalue weighted by Gasteiger charge is -2.23. The summed E-state index contributed by atoms with van der Waals surface area (Å²) in [5, 5.41) is 3.09. The highest BCUT2D eigenvalue weighted by Gasteiger charge is 2.37.